The Kier molecular flexibility index (Phi) is 5.93. The summed E-state index contributed by atoms with van der Waals surface area (Å²) in [4.78, 5) is 2.03. The van der Waals surface area contributed by atoms with Crippen LogP contribution in [0.3, 0.4) is 0 Å². The maximum absolute atomic E-state index is 11.0. The van der Waals surface area contributed by atoms with Gasteiger partial charge in [-0.05, 0) is 25.4 Å². The van der Waals surface area contributed by atoms with Gasteiger partial charge in [-0.2, -0.15) is 0 Å². The first-order chi connectivity index (χ1) is 7.08. The normalized spacial score (nSPS) is 15.4. The maximum atomic E-state index is 11.0. The highest BCUT2D eigenvalue weighted by molar-refractivity contribution is 7.90. The molecule has 0 aliphatic rings. The molecule has 0 amide bonds. The van der Waals surface area contributed by atoms with Gasteiger partial charge in [0.25, 0.3) is 0 Å². The number of sulfone groups is 1. The molecular formula is C11H25NO3S. The van der Waals surface area contributed by atoms with E-state index in [1.807, 2.05) is 11.9 Å². The van der Waals surface area contributed by atoms with Crippen LogP contribution in [0.1, 0.15) is 27.2 Å². The van der Waals surface area contributed by atoms with Gasteiger partial charge in [-0.1, -0.05) is 20.8 Å². The Morgan fingerprint density at radius 1 is 1.31 bits per heavy atom. The second-order valence-corrected chi connectivity index (χ2v) is 7.79. The van der Waals surface area contributed by atoms with E-state index < -0.39 is 9.84 Å². The lowest BCUT2D eigenvalue weighted by Gasteiger charge is -2.36. The lowest BCUT2D eigenvalue weighted by Crippen LogP contribution is -2.45. The van der Waals surface area contributed by atoms with Crippen LogP contribution in [0.4, 0.5) is 0 Å². The minimum atomic E-state index is -2.88. The van der Waals surface area contributed by atoms with E-state index in [2.05, 4.69) is 20.8 Å². The van der Waals surface area contributed by atoms with Crippen LogP contribution in [-0.2, 0) is 9.84 Å². The van der Waals surface area contributed by atoms with E-state index in [0.717, 1.165) is 0 Å². The first-order valence-electron chi connectivity index (χ1n) is 5.57. The minimum absolute atomic E-state index is 0.00537. The second-order valence-electron chi connectivity index (χ2n) is 5.53. The van der Waals surface area contributed by atoms with Gasteiger partial charge >= 0.3 is 0 Å². The molecule has 0 aromatic carbocycles. The molecule has 0 bridgehead atoms. The van der Waals surface area contributed by atoms with Crippen LogP contribution >= 0.6 is 0 Å². The van der Waals surface area contributed by atoms with Crippen LogP contribution in [-0.4, -0.2) is 56.7 Å². The summed E-state index contributed by atoms with van der Waals surface area (Å²) in [7, 11) is -0.952. The van der Waals surface area contributed by atoms with Crippen LogP contribution < -0.4 is 0 Å². The largest absolute Gasteiger partial charge is 0.395 e. The van der Waals surface area contributed by atoms with Crippen molar-refractivity contribution in [2.75, 3.05) is 32.2 Å². The van der Waals surface area contributed by atoms with E-state index in [4.69, 9.17) is 0 Å². The summed E-state index contributed by atoms with van der Waals surface area (Å²) in [6.07, 6.45) is 1.86. The van der Waals surface area contributed by atoms with Gasteiger partial charge in [-0.3, -0.25) is 0 Å². The quantitative estimate of drug-likeness (QED) is 0.757. The van der Waals surface area contributed by atoms with Crippen molar-refractivity contribution in [3.8, 4) is 0 Å². The Hall–Kier alpha value is -0.130. The fourth-order valence-electron chi connectivity index (χ4n) is 1.81. The van der Waals surface area contributed by atoms with Crippen LogP contribution in [0.2, 0.25) is 0 Å². The molecular weight excluding hydrogens is 226 g/mol. The first kappa shape index (κ1) is 15.9. The standard InChI is InChI=1S/C11H25NO3S/c1-11(2,3)10(9-13)12(4)7-6-8-16(5,14)15/h10,13H,6-9H2,1-5H3. The molecule has 0 saturated carbocycles. The third kappa shape index (κ3) is 6.45. The zero-order valence-electron chi connectivity index (χ0n) is 11.0. The van der Waals surface area contributed by atoms with Crippen molar-refractivity contribution in [2.45, 2.75) is 33.2 Å². The fraction of sp³-hybridized carbons (Fsp3) is 1.00. The molecule has 0 heterocycles. The summed E-state index contributed by atoms with van der Waals surface area (Å²) in [5.41, 5.74) is -0.00537. The second kappa shape index (κ2) is 5.98. The van der Waals surface area contributed by atoms with Crippen molar-refractivity contribution in [2.24, 2.45) is 5.41 Å². The fourth-order valence-corrected chi connectivity index (χ4v) is 2.46. The third-order valence-electron chi connectivity index (χ3n) is 2.73. The average molecular weight is 251 g/mol. The van der Waals surface area contributed by atoms with Gasteiger partial charge in [-0.15, -0.1) is 0 Å². The minimum Gasteiger partial charge on any atom is -0.395 e. The molecule has 0 spiro atoms. The Morgan fingerprint density at radius 3 is 2.12 bits per heavy atom. The predicted molar refractivity (Wildman–Crippen MR) is 67.3 cm³/mol. The molecule has 98 valence electrons. The Bertz CT molecular complexity index is 293. The molecule has 16 heavy (non-hydrogen) atoms. The van der Waals surface area contributed by atoms with Gasteiger partial charge in [0.15, 0.2) is 0 Å². The molecule has 5 heteroatoms. The van der Waals surface area contributed by atoms with Crippen molar-refractivity contribution >= 4 is 9.84 Å². The van der Waals surface area contributed by atoms with Crippen LogP contribution in [0.15, 0.2) is 0 Å². The molecule has 4 nitrogen and oxygen atoms in total. The van der Waals surface area contributed by atoms with E-state index in [9.17, 15) is 13.5 Å². The molecule has 0 saturated heterocycles. The summed E-state index contributed by atoms with van der Waals surface area (Å²) in [6.45, 7) is 7.00. The maximum Gasteiger partial charge on any atom is 0.147 e. The molecule has 0 aliphatic heterocycles. The topological polar surface area (TPSA) is 57.6 Å². The molecule has 1 unspecified atom stereocenters. The highest BCUT2D eigenvalue weighted by atomic mass is 32.2. The molecule has 0 aliphatic carbocycles. The smallest absolute Gasteiger partial charge is 0.147 e. The predicted octanol–water partition coefficient (Wildman–Crippen LogP) is 0.760. The average Bonchev–Trinajstić information content (AvgIpc) is 1.99. The van der Waals surface area contributed by atoms with Crippen molar-refractivity contribution in [1.82, 2.24) is 4.90 Å². The number of rotatable bonds is 6. The van der Waals surface area contributed by atoms with Crippen molar-refractivity contribution in [3.63, 3.8) is 0 Å². The molecule has 0 rings (SSSR count). The van der Waals surface area contributed by atoms with E-state index in [0.29, 0.717) is 13.0 Å². The molecule has 1 N–H and O–H groups in total. The first-order valence-corrected chi connectivity index (χ1v) is 7.63. The zero-order chi connectivity index (χ0) is 13.0. The summed E-state index contributed by atoms with van der Waals surface area (Å²) in [5.74, 6) is 0.208. The molecule has 0 aromatic rings. The van der Waals surface area contributed by atoms with Crippen LogP contribution in [0, 0.1) is 5.41 Å². The van der Waals surface area contributed by atoms with Crippen molar-refractivity contribution in [3.05, 3.63) is 0 Å². The Morgan fingerprint density at radius 2 is 1.81 bits per heavy atom. The Balaban J connectivity index is 4.19. The van der Waals surface area contributed by atoms with Gasteiger partial charge in [0.05, 0.1) is 12.4 Å². The number of aliphatic hydroxyl groups is 1. The lowest BCUT2D eigenvalue weighted by atomic mass is 9.86. The van der Waals surface area contributed by atoms with E-state index >= 15 is 0 Å². The third-order valence-corrected chi connectivity index (χ3v) is 3.76. The number of hydrogen-bond donors (Lipinski definition) is 1. The van der Waals surface area contributed by atoms with Gasteiger partial charge in [-0.25, -0.2) is 8.42 Å². The number of likely N-dealkylation sites (N-methyl/N-ethyl adjacent to an activating group) is 1. The van der Waals surface area contributed by atoms with Crippen molar-refractivity contribution in [1.29, 1.82) is 0 Å². The molecule has 0 radical (unpaired) electrons. The van der Waals surface area contributed by atoms with Gasteiger partial charge < -0.3 is 10.0 Å². The highest BCUT2D eigenvalue weighted by Crippen LogP contribution is 2.23. The van der Waals surface area contributed by atoms with Crippen LogP contribution in [0.5, 0.6) is 0 Å². The lowest BCUT2D eigenvalue weighted by molar-refractivity contribution is 0.0665. The summed E-state index contributed by atoms with van der Waals surface area (Å²) < 4.78 is 22.0. The van der Waals surface area contributed by atoms with E-state index in [1.165, 1.54) is 6.26 Å². The summed E-state index contributed by atoms with van der Waals surface area (Å²) in [5, 5.41) is 9.33. The SMILES string of the molecule is CN(CCCS(C)(=O)=O)C(CO)C(C)(C)C. The number of hydrogen-bond acceptors (Lipinski definition) is 4. The van der Waals surface area contributed by atoms with Gasteiger partial charge in [0.2, 0.25) is 0 Å². The van der Waals surface area contributed by atoms with Crippen LogP contribution in [0.25, 0.3) is 0 Å². The summed E-state index contributed by atoms with van der Waals surface area (Å²) >= 11 is 0. The van der Waals surface area contributed by atoms with Crippen molar-refractivity contribution < 1.29 is 13.5 Å². The van der Waals surface area contributed by atoms with Gasteiger partial charge in [0.1, 0.15) is 9.84 Å². The molecule has 0 fully saturated rings. The summed E-state index contributed by atoms with van der Waals surface area (Å²) in [6, 6.07) is 0.0621. The molecule has 0 aromatic heterocycles. The monoisotopic (exact) mass is 251 g/mol. The molecule has 1 atom stereocenters. The Labute approximate surface area is 99.6 Å². The van der Waals surface area contributed by atoms with E-state index in [1.54, 1.807) is 0 Å². The van der Waals surface area contributed by atoms with E-state index in [-0.39, 0.29) is 23.8 Å². The zero-order valence-corrected chi connectivity index (χ0v) is 11.8. The van der Waals surface area contributed by atoms with Gasteiger partial charge in [0, 0.05) is 12.3 Å². The highest BCUT2D eigenvalue weighted by Gasteiger charge is 2.27. The number of aliphatic hydroxyl groups excluding tert-OH is 1. The number of nitrogens with zero attached hydrogens (tertiary/aromatic N) is 1.